The van der Waals surface area contributed by atoms with Crippen LogP contribution in [0.15, 0.2) is 86.0 Å². The molecule has 0 fully saturated rings. The third kappa shape index (κ3) is 6.77. The summed E-state index contributed by atoms with van der Waals surface area (Å²) in [6, 6.07) is 12.2. The molecule has 42 heavy (non-hydrogen) atoms. The van der Waals surface area contributed by atoms with Crippen LogP contribution in [0.1, 0.15) is 40.5 Å². The molecule has 10 nitrogen and oxygen atoms in total. The minimum Gasteiger partial charge on any atom is -0.367 e. The molecule has 6 rings (SSSR count). The van der Waals surface area contributed by atoms with Crippen LogP contribution in [0, 0.1) is 0 Å². The minimum absolute atomic E-state index is 0.349. The van der Waals surface area contributed by atoms with Crippen molar-refractivity contribution >= 4 is 33.4 Å². The van der Waals surface area contributed by atoms with Crippen molar-refractivity contribution in [1.82, 2.24) is 39.9 Å². The maximum absolute atomic E-state index is 4.68. The number of hydrogen-bond acceptors (Lipinski definition) is 10. The Balaban J connectivity index is 0.000000168. The van der Waals surface area contributed by atoms with Gasteiger partial charge >= 0.3 is 0 Å². The van der Waals surface area contributed by atoms with Crippen LogP contribution in [-0.2, 0) is 0 Å². The van der Waals surface area contributed by atoms with E-state index in [-0.39, 0.29) is 0 Å². The van der Waals surface area contributed by atoms with Crippen molar-refractivity contribution in [2.45, 2.75) is 52.6 Å². The monoisotopic (exact) mass is 558 g/mol. The molecule has 0 aliphatic carbocycles. The lowest BCUT2D eigenvalue weighted by molar-refractivity contribution is 0.760. The highest BCUT2D eigenvalue weighted by Gasteiger charge is 2.12. The maximum atomic E-state index is 4.68. The summed E-state index contributed by atoms with van der Waals surface area (Å²) in [5.74, 6) is 3.07. The lowest BCUT2D eigenvalue weighted by Gasteiger charge is -2.15. The number of nitrogens with one attached hydrogen (secondary N) is 2. The highest BCUT2D eigenvalue weighted by molar-refractivity contribution is 5.90. The zero-order chi connectivity index (χ0) is 29.3. The van der Waals surface area contributed by atoms with Gasteiger partial charge in [0.2, 0.25) is 0 Å². The fourth-order valence-electron chi connectivity index (χ4n) is 4.11. The predicted molar refractivity (Wildman–Crippen MR) is 168 cm³/mol. The van der Waals surface area contributed by atoms with Gasteiger partial charge in [-0.05, 0) is 63.1 Å². The zero-order valence-corrected chi connectivity index (χ0v) is 24.2. The maximum Gasteiger partial charge on any atom is 0.162 e. The second-order valence-electron chi connectivity index (χ2n) is 9.96. The van der Waals surface area contributed by atoms with Gasteiger partial charge in [0.1, 0.15) is 11.6 Å². The van der Waals surface area contributed by atoms with Crippen LogP contribution in [0.3, 0.4) is 0 Å². The first-order valence-electron chi connectivity index (χ1n) is 14.1. The molecule has 0 saturated heterocycles. The van der Waals surface area contributed by atoms with Crippen LogP contribution in [0.2, 0.25) is 0 Å². The predicted octanol–water partition coefficient (Wildman–Crippen LogP) is 6.59. The van der Waals surface area contributed by atoms with E-state index in [1.165, 1.54) is 0 Å². The molecule has 0 radical (unpaired) electrons. The second-order valence-corrected chi connectivity index (χ2v) is 9.96. The zero-order valence-electron chi connectivity index (χ0n) is 24.2. The standard InChI is InChI=1S/2C16H17N5/c2*1-3-11(2)19-16-13-6-9-18-10-14(13)20-15(21-16)12-4-7-17-8-5-12/h2*4-11H,3H2,1-2H3,(H,19,20,21)/t2*11-/m10/s1. The number of rotatable bonds is 8. The SMILES string of the molecule is CC[C@@H](C)Nc1nc(-c2ccncc2)nc2cnccc12.CC[C@H](C)Nc1nc(-c2ccncc2)nc2cnccc12. The lowest BCUT2D eigenvalue weighted by Crippen LogP contribution is -2.15. The molecule has 0 unspecified atom stereocenters. The van der Waals surface area contributed by atoms with Crippen molar-refractivity contribution in [2.24, 2.45) is 0 Å². The van der Waals surface area contributed by atoms with Crippen LogP contribution in [0.4, 0.5) is 11.6 Å². The number of hydrogen-bond donors (Lipinski definition) is 2. The van der Waals surface area contributed by atoms with E-state index in [2.05, 4.69) is 78.2 Å². The molecule has 6 aromatic heterocycles. The minimum atomic E-state index is 0.349. The average molecular weight is 559 g/mol. The van der Waals surface area contributed by atoms with E-state index in [0.29, 0.717) is 23.7 Å². The first-order valence-corrected chi connectivity index (χ1v) is 14.1. The van der Waals surface area contributed by atoms with Gasteiger partial charge in [0.25, 0.3) is 0 Å². The fourth-order valence-corrected chi connectivity index (χ4v) is 4.11. The molecule has 2 N–H and O–H groups in total. The molecule has 0 amide bonds. The third-order valence-corrected chi connectivity index (χ3v) is 6.87. The summed E-state index contributed by atoms with van der Waals surface area (Å²) >= 11 is 0. The van der Waals surface area contributed by atoms with Gasteiger partial charge in [-0.15, -0.1) is 0 Å². The van der Waals surface area contributed by atoms with E-state index < -0.39 is 0 Å². The topological polar surface area (TPSA) is 127 Å². The average Bonchev–Trinajstić information content (AvgIpc) is 3.05. The largest absolute Gasteiger partial charge is 0.367 e. The molecule has 0 bridgehead atoms. The molecular weight excluding hydrogens is 524 g/mol. The van der Waals surface area contributed by atoms with Crippen LogP contribution in [0.25, 0.3) is 44.6 Å². The molecule has 10 heteroatoms. The van der Waals surface area contributed by atoms with E-state index in [1.807, 2.05) is 36.4 Å². The number of nitrogens with zero attached hydrogens (tertiary/aromatic N) is 8. The summed E-state index contributed by atoms with van der Waals surface area (Å²) in [5.41, 5.74) is 3.57. The summed E-state index contributed by atoms with van der Waals surface area (Å²) in [5, 5.41) is 8.88. The van der Waals surface area contributed by atoms with E-state index >= 15 is 0 Å². The van der Waals surface area contributed by atoms with Crippen molar-refractivity contribution in [3.8, 4) is 22.8 Å². The van der Waals surface area contributed by atoms with Gasteiger partial charge in [-0.3, -0.25) is 19.9 Å². The Bertz CT molecular complexity index is 1610. The third-order valence-electron chi connectivity index (χ3n) is 6.87. The Morgan fingerprint density at radius 3 is 1.29 bits per heavy atom. The Morgan fingerprint density at radius 1 is 0.524 bits per heavy atom. The molecular formula is C32H34N10. The summed E-state index contributed by atoms with van der Waals surface area (Å²) in [4.78, 5) is 34.9. The Labute approximate surface area is 245 Å². The molecule has 0 saturated carbocycles. The van der Waals surface area contributed by atoms with Crippen molar-refractivity contribution in [3.05, 3.63) is 86.0 Å². The molecule has 0 aliphatic heterocycles. The number of aromatic nitrogens is 8. The smallest absolute Gasteiger partial charge is 0.162 e. The number of anilines is 2. The van der Waals surface area contributed by atoms with Crippen LogP contribution in [-0.4, -0.2) is 52.0 Å². The molecule has 212 valence electrons. The van der Waals surface area contributed by atoms with Crippen LogP contribution < -0.4 is 10.6 Å². The highest BCUT2D eigenvalue weighted by atomic mass is 15.1. The Kier molecular flexibility index (Phi) is 9.13. The normalized spacial score (nSPS) is 12.3. The Morgan fingerprint density at radius 2 is 0.905 bits per heavy atom. The van der Waals surface area contributed by atoms with Crippen LogP contribution >= 0.6 is 0 Å². The molecule has 6 aromatic rings. The van der Waals surface area contributed by atoms with Crippen molar-refractivity contribution in [2.75, 3.05) is 10.6 Å². The van der Waals surface area contributed by atoms with Crippen molar-refractivity contribution in [1.29, 1.82) is 0 Å². The second kappa shape index (κ2) is 13.5. The lowest BCUT2D eigenvalue weighted by atomic mass is 10.2. The van der Waals surface area contributed by atoms with Crippen LogP contribution in [0.5, 0.6) is 0 Å². The summed E-state index contributed by atoms with van der Waals surface area (Å²) < 4.78 is 0. The first-order chi connectivity index (χ1) is 20.6. The molecule has 0 spiro atoms. The van der Waals surface area contributed by atoms with Gasteiger partial charge in [0.15, 0.2) is 11.6 Å². The molecule has 2 atom stereocenters. The van der Waals surface area contributed by atoms with Gasteiger partial charge in [-0.1, -0.05) is 13.8 Å². The van der Waals surface area contributed by atoms with Gasteiger partial charge in [0.05, 0.1) is 23.4 Å². The Hall–Kier alpha value is -5.12. The van der Waals surface area contributed by atoms with Gasteiger partial charge < -0.3 is 10.6 Å². The van der Waals surface area contributed by atoms with Crippen molar-refractivity contribution in [3.63, 3.8) is 0 Å². The van der Waals surface area contributed by atoms with Gasteiger partial charge in [-0.2, -0.15) is 0 Å². The van der Waals surface area contributed by atoms with Crippen molar-refractivity contribution < 1.29 is 0 Å². The molecule has 0 aliphatic rings. The molecule has 0 aromatic carbocycles. The number of pyridine rings is 4. The summed E-state index contributed by atoms with van der Waals surface area (Å²) in [6.45, 7) is 8.57. The first kappa shape index (κ1) is 28.4. The quantitative estimate of drug-likeness (QED) is 0.211. The summed E-state index contributed by atoms with van der Waals surface area (Å²) in [7, 11) is 0. The highest BCUT2D eigenvalue weighted by Crippen LogP contribution is 2.26. The number of fused-ring (bicyclic) bond motifs is 2. The fraction of sp³-hybridized carbons (Fsp3) is 0.250. The van der Waals surface area contributed by atoms with Gasteiger partial charge in [-0.25, -0.2) is 19.9 Å². The van der Waals surface area contributed by atoms with E-state index in [1.54, 1.807) is 49.6 Å². The van der Waals surface area contributed by atoms with Gasteiger partial charge in [0, 0.05) is 71.2 Å². The molecule has 6 heterocycles. The van der Waals surface area contributed by atoms with E-state index in [4.69, 9.17) is 0 Å². The van der Waals surface area contributed by atoms with E-state index in [9.17, 15) is 0 Å². The van der Waals surface area contributed by atoms with E-state index in [0.717, 1.165) is 57.4 Å². The summed E-state index contributed by atoms with van der Waals surface area (Å²) in [6.07, 6.45) is 16.1.